The van der Waals surface area contributed by atoms with Gasteiger partial charge in [0.2, 0.25) is 11.8 Å². The Balaban J connectivity index is 1.70. The number of carbonyl (C=O) groups excluding carboxylic acids is 2. The molecule has 0 aromatic heterocycles. The van der Waals surface area contributed by atoms with E-state index in [9.17, 15) is 14.0 Å². The van der Waals surface area contributed by atoms with E-state index in [0.717, 1.165) is 4.47 Å². The summed E-state index contributed by atoms with van der Waals surface area (Å²) in [5, 5.41) is 2.72. The molecule has 1 saturated heterocycles. The lowest BCUT2D eigenvalue weighted by atomic mass is 10.2. The predicted molar refractivity (Wildman–Crippen MR) is 110 cm³/mol. The van der Waals surface area contributed by atoms with Gasteiger partial charge in [-0.25, -0.2) is 9.38 Å². The molecule has 0 bridgehead atoms. The van der Waals surface area contributed by atoms with Gasteiger partial charge in [0.15, 0.2) is 5.17 Å². The van der Waals surface area contributed by atoms with Crippen LogP contribution in [0.4, 0.5) is 15.8 Å². The van der Waals surface area contributed by atoms with E-state index in [2.05, 4.69) is 26.2 Å². The van der Waals surface area contributed by atoms with E-state index in [-0.39, 0.29) is 24.1 Å². The fraction of sp³-hybridized carbons (Fsp3) is 0.211. The van der Waals surface area contributed by atoms with Crippen molar-refractivity contribution < 1.29 is 14.0 Å². The molecule has 2 aromatic carbocycles. The Morgan fingerprint density at radius 2 is 2.04 bits per heavy atom. The second-order valence-electron chi connectivity index (χ2n) is 5.82. The molecule has 2 aromatic rings. The lowest BCUT2D eigenvalue weighted by Crippen LogP contribution is -2.33. The molecule has 1 aliphatic heterocycles. The van der Waals surface area contributed by atoms with Crippen molar-refractivity contribution in [2.75, 3.05) is 11.9 Å². The molecule has 0 saturated carbocycles. The standard InChI is InChI=1S/C19H17BrFN3O2S/c1-2-24-18(26)16(11-17(25)22-14-8-6-12(20)7-9-14)27-19(24)23-15-5-3-4-13(21)10-15/h3-10,16H,2,11H2,1H3,(H,22,25)/t16-/m0/s1. The van der Waals surface area contributed by atoms with Crippen molar-refractivity contribution in [2.24, 2.45) is 4.99 Å². The second-order valence-corrected chi connectivity index (χ2v) is 7.91. The summed E-state index contributed by atoms with van der Waals surface area (Å²) in [6, 6.07) is 13.1. The summed E-state index contributed by atoms with van der Waals surface area (Å²) in [4.78, 5) is 30.8. The van der Waals surface area contributed by atoms with E-state index in [0.29, 0.717) is 23.1 Å². The first kappa shape index (κ1) is 19.6. The molecule has 1 heterocycles. The topological polar surface area (TPSA) is 61.8 Å². The van der Waals surface area contributed by atoms with Crippen LogP contribution < -0.4 is 5.32 Å². The number of hydrogen-bond acceptors (Lipinski definition) is 4. The molecule has 1 N–H and O–H groups in total. The number of nitrogens with zero attached hydrogens (tertiary/aromatic N) is 2. The van der Waals surface area contributed by atoms with E-state index < -0.39 is 5.25 Å². The quantitative estimate of drug-likeness (QED) is 0.726. The average Bonchev–Trinajstić information content (AvgIpc) is 2.91. The Morgan fingerprint density at radius 1 is 1.30 bits per heavy atom. The minimum absolute atomic E-state index is 0.0399. The van der Waals surface area contributed by atoms with Gasteiger partial charge in [-0.1, -0.05) is 33.8 Å². The molecule has 140 valence electrons. The molecule has 27 heavy (non-hydrogen) atoms. The summed E-state index contributed by atoms with van der Waals surface area (Å²) in [7, 11) is 0. The molecule has 8 heteroatoms. The van der Waals surface area contributed by atoms with Crippen molar-refractivity contribution in [3.8, 4) is 0 Å². The highest BCUT2D eigenvalue weighted by molar-refractivity contribution is 9.10. The van der Waals surface area contributed by atoms with Crippen LogP contribution in [0.5, 0.6) is 0 Å². The number of amidine groups is 1. The van der Waals surface area contributed by atoms with Gasteiger partial charge in [0, 0.05) is 23.1 Å². The van der Waals surface area contributed by atoms with Gasteiger partial charge in [-0.05, 0) is 49.4 Å². The van der Waals surface area contributed by atoms with Crippen molar-refractivity contribution in [1.29, 1.82) is 0 Å². The van der Waals surface area contributed by atoms with Gasteiger partial charge in [0.05, 0.1) is 5.69 Å². The third-order valence-corrected chi connectivity index (χ3v) is 5.57. The fourth-order valence-electron chi connectivity index (χ4n) is 2.59. The highest BCUT2D eigenvalue weighted by Crippen LogP contribution is 2.31. The van der Waals surface area contributed by atoms with Crippen molar-refractivity contribution in [2.45, 2.75) is 18.6 Å². The number of halogens is 2. The molecule has 1 fully saturated rings. The van der Waals surface area contributed by atoms with E-state index in [4.69, 9.17) is 0 Å². The largest absolute Gasteiger partial charge is 0.326 e. The van der Waals surface area contributed by atoms with E-state index in [1.54, 1.807) is 24.3 Å². The number of nitrogens with one attached hydrogen (secondary N) is 1. The van der Waals surface area contributed by atoms with Gasteiger partial charge in [0.25, 0.3) is 0 Å². The number of aliphatic imine (C=N–C) groups is 1. The summed E-state index contributed by atoms with van der Waals surface area (Å²) < 4.78 is 14.3. The molecule has 0 unspecified atom stereocenters. The monoisotopic (exact) mass is 449 g/mol. The van der Waals surface area contributed by atoms with Crippen LogP contribution in [0.15, 0.2) is 58.0 Å². The first-order chi connectivity index (χ1) is 13.0. The maximum absolute atomic E-state index is 13.4. The summed E-state index contributed by atoms with van der Waals surface area (Å²) in [5.41, 5.74) is 1.10. The molecule has 5 nitrogen and oxygen atoms in total. The highest BCUT2D eigenvalue weighted by Gasteiger charge is 2.38. The molecule has 0 aliphatic carbocycles. The Labute approximate surface area is 169 Å². The predicted octanol–water partition coefficient (Wildman–Crippen LogP) is 4.57. The normalized spacial score (nSPS) is 18.2. The van der Waals surface area contributed by atoms with Gasteiger partial charge in [0.1, 0.15) is 11.1 Å². The molecule has 0 spiro atoms. The maximum atomic E-state index is 13.4. The number of anilines is 1. The fourth-order valence-corrected chi connectivity index (χ4v) is 4.07. The molecular formula is C19H17BrFN3O2S. The van der Waals surface area contributed by atoms with Crippen LogP contribution in [0.1, 0.15) is 13.3 Å². The lowest BCUT2D eigenvalue weighted by Gasteiger charge is -2.13. The number of benzene rings is 2. The first-order valence-corrected chi connectivity index (χ1v) is 10.0. The molecule has 3 rings (SSSR count). The zero-order valence-electron chi connectivity index (χ0n) is 14.5. The lowest BCUT2D eigenvalue weighted by molar-refractivity contribution is -0.128. The number of thioether (sulfide) groups is 1. The van der Waals surface area contributed by atoms with E-state index in [1.165, 1.54) is 28.8 Å². The smallest absolute Gasteiger partial charge is 0.242 e. The molecule has 2 amide bonds. The molecular weight excluding hydrogens is 433 g/mol. The van der Waals surface area contributed by atoms with Gasteiger partial charge in [-0.2, -0.15) is 0 Å². The van der Waals surface area contributed by atoms with Crippen molar-refractivity contribution >= 4 is 56.0 Å². The maximum Gasteiger partial charge on any atom is 0.242 e. The number of rotatable bonds is 5. The van der Waals surface area contributed by atoms with Crippen molar-refractivity contribution in [1.82, 2.24) is 4.90 Å². The average molecular weight is 450 g/mol. The van der Waals surface area contributed by atoms with Crippen LogP contribution in [0.2, 0.25) is 0 Å². The van der Waals surface area contributed by atoms with Gasteiger partial charge in [-0.3, -0.25) is 14.5 Å². The zero-order valence-corrected chi connectivity index (χ0v) is 16.9. The number of hydrogen-bond donors (Lipinski definition) is 1. The SMILES string of the molecule is CCN1C(=O)[C@H](CC(=O)Nc2ccc(Br)cc2)SC1=Nc1cccc(F)c1. The minimum Gasteiger partial charge on any atom is -0.326 e. The van der Waals surface area contributed by atoms with Crippen LogP contribution in [0.3, 0.4) is 0 Å². The highest BCUT2D eigenvalue weighted by atomic mass is 79.9. The van der Waals surface area contributed by atoms with Gasteiger partial charge >= 0.3 is 0 Å². The van der Waals surface area contributed by atoms with Gasteiger partial charge in [-0.15, -0.1) is 0 Å². The van der Waals surface area contributed by atoms with E-state index >= 15 is 0 Å². The number of carbonyl (C=O) groups is 2. The summed E-state index contributed by atoms with van der Waals surface area (Å²) in [5.74, 6) is -0.797. The molecule has 1 aliphatic rings. The number of amides is 2. The minimum atomic E-state index is -0.548. The van der Waals surface area contributed by atoms with Crippen LogP contribution >= 0.6 is 27.7 Å². The van der Waals surface area contributed by atoms with Crippen molar-refractivity contribution in [3.63, 3.8) is 0 Å². The zero-order chi connectivity index (χ0) is 19.4. The van der Waals surface area contributed by atoms with Crippen molar-refractivity contribution in [3.05, 3.63) is 58.8 Å². The Bertz CT molecular complexity index is 889. The second kappa shape index (κ2) is 8.67. The Hall–Kier alpha value is -2.19. The van der Waals surface area contributed by atoms with E-state index in [1.807, 2.05) is 19.1 Å². The third kappa shape index (κ3) is 4.95. The summed E-state index contributed by atoms with van der Waals surface area (Å²) >= 11 is 4.57. The molecule has 1 atom stereocenters. The Kier molecular flexibility index (Phi) is 6.28. The van der Waals surface area contributed by atoms with Crippen LogP contribution in [-0.4, -0.2) is 33.7 Å². The third-order valence-electron chi connectivity index (χ3n) is 3.87. The summed E-state index contributed by atoms with van der Waals surface area (Å²) in [6.07, 6.45) is 0.0399. The summed E-state index contributed by atoms with van der Waals surface area (Å²) in [6.45, 7) is 2.27. The first-order valence-electron chi connectivity index (χ1n) is 8.34. The van der Waals surface area contributed by atoms with Gasteiger partial charge < -0.3 is 5.32 Å². The van der Waals surface area contributed by atoms with Crippen LogP contribution in [0, 0.1) is 5.82 Å². The Morgan fingerprint density at radius 3 is 2.70 bits per heavy atom. The van der Waals surface area contributed by atoms with Crippen LogP contribution in [-0.2, 0) is 9.59 Å². The van der Waals surface area contributed by atoms with Crippen LogP contribution in [0.25, 0.3) is 0 Å². The molecule has 0 radical (unpaired) electrons.